The fourth-order valence-electron chi connectivity index (χ4n) is 2.34. The highest BCUT2D eigenvalue weighted by atomic mass is 16.3. The lowest BCUT2D eigenvalue weighted by molar-refractivity contribution is 0.0954. The molecule has 2 aromatic rings. The number of aliphatic hydroxyl groups is 4. The van der Waals surface area contributed by atoms with Gasteiger partial charge in [0.2, 0.25) is 0 Å². The average Bonchev–Trinajstić information content (AvgIpc) is 2.56. The maximum absolute atomic E-state index is 9.43. The third-order valence-corrected chi connectivity index (χ3v) is 3.61. The molecule has 0 saturated heterocycles. The van der Waals surface area contributed by atoms with Crippen LogP contribution in [0.4, 0.5) is 0 Å². The highest BCUT2D eigenvalue weighted by molar-refractivity contribution is 5.64. The molecule has 0 aliphatic rings. The van der Waals surface area contributed by atoms with Crippen molar-refractivity contribution >= 4 is 0 Å². The maximum Gasteiger partial charge on any atom is 0.0811 e. The number of aliphatic hydroxyl groups excluding tert-OH is 4. The quantitative estimate of drug-likeness (QED) is 0.618. The Kier molecular flexibility index (Phi) is 6.10. The molecule has 0 fully saturated rings. The Labute approximate surface area is 130 Å². The van der Waals surface area contributed by atoms with E-state index < -0.39 is 12.2 Å². The lowest BCUT2D eigenvalue weighted by atomic mass is 9.99. The van der Waals surface area contributed by atoms with Crippen molar-refractivity contribution in [3.8, 4) is 11.1 Å². The summed E-state index contributed by atoms with van der Waals surface area (Å²) in [6.07, 6.45) is -0.560. The SMILES string of the molecule is OCC(O)Cc1ccc(-c2ccc(CC(O)CO)cc2)cc1. The van der Waals surface area contributed by atoms with Gasteiger partial charge < -0.3 is 20.4 Å². The normalized spacial score (nSPS) is 13.8. The zero-order chi connectivity index (χ0) is 15.9. The molecule has 0 heterocycles. The first kappa shape index (κ1) is 16.6. The van der Waals surface area contributed by atoms with Crippen LogP contribution in [0.25, 0.3) is 11.1 Å². The van der Waals surface area contributed by atoms with Gasteiger partial charge in [0.1, 0.15) is 0 Å². The van der Waals surface area contributed by atoms with E-state index in [4.69, 9.17) is 10.2 Å². The largest absolute Gasteiger partial charge is 0.394 e. The van der Waals surface area contributed by atoms with Gasteiger partial charge in [0.25, 0.3) is 0 Å². The van der Waals surface area contributed by atoms with Gasteiger partial charge >= 0.3 is 0 Å². The summed E-state index contributed by atoms with van der Waals surface area (Å²) in [5, 5.41) is 36.6. The van der Waals surface area contributed by atoms with Crippen molar-refractivity contribution in [3.63, 3.8) is 0 Å². The summed E-state index contributed by atoms with van der Waals surface area (Å²) < 4.78 is 0. The topological polar surface area (TPSA) is 80.9 Å². The van der Waals surface area contributed by atoms with Crippen LogP contribution in [0.5, 0.6) is 0 Å². The Morgan fingerprint density at radius 3 is 1.18 bits per heavy atom. The molecule has 22 heavy (non-hydrogen) atoms. The molecule has 118 valence electrons. The fourth-order valence-corrected chi connectivity index (χ4v) is 2.34. The lowest BCUT2D eigenvalue weighted by Gasteiger charge is -2.10. The van der Waals surface area contributed by atoms with Crippen LogP contribution in [-0.2, 0) is 12.8 Å². The van der Waals surface area contributed by atoms with Crippen LogP contribution in [0.3, 0.4) is 0 Å². The molecular weight excluding hydrogens is 280 g/mol. The number of hydrogen-bond donors (Lipinski definition) is 4. The molecule has 2 aromatic carbocycles. The predicted octanol–water partition coefficient (Wildman–Crippen LogP) is 1.15. The second kappa shape index (κ2) is 8.06. The average molecular weight is 302 g/mol. The second-order valence-corrected chi connectivity index (χ2v) is 5.47. The third-order valence-electron chi connectivity index (χ3n) is 3.61. The van der Waals surface area contributed by atoms with Crippen LogP contribution < -0.4 is 0 Å². The lowest BCUT2D eigenvalue weighted by Crippen LogP contribution is -2.15. The van der Waals surface area contributed by atoms with Gasteiger partial charge in [-0.1, -0.05) is 48.5 Å². The van der Waals surface area contributed by atoms with Gasteiger partial charge in [-0.25, -0.2) is 0 Å². The molecule has 4 nitrogen and oxygen atoms in total. The summed E-state index contributed by atoms with van der Waals surface area (Å²) in [5.74, 6) is 0. The van der Waals surface area contributed by atoms with Crippen molar-refractivity contribution in [3.05, 3.63) is 59.7 Å². The van der Waals surface area contributed by atoms with Crippen molar-refractivity contribution in [2.45, 2.75) is 25.0 Å². The summed E-state index contributed by atoms with van der Waals surface area (Å²) in [5.41, 5.74) is 4.09. The molecule has 0 amide bonds. The summed E-state index contributed by atoms with van der Waals surface area (Å²) in [6, 6.07) is 15.7. The molecule has 0 aliphatic heterocycles. The molecule has 0 spiro atoms. The van der Waals surface area contributed by atoms with Crippen LogP contribution in [0.2, 0.25) is 0 Å². The molecular formula is C18H22O4. The van der Waals surface area contributed by atoms with Gasteiger partial charge in [0, 0.05) is 12.8 Å². The Hall–Kier alpha value is -1.72. The van der Waals surface area contributed by atoms with Crippen molar-refractivity contribution in [2.24, 2.45) is 0 Å². The third kappa shape index (κ3) is 4.64. The zero-order valence-corrected chi connectivity index (χ0v) is 12.4. The van der Waals surface area contributed by atoms with E-state index >= 15 is 0 Å². The molecule has 0 saturated carbocycles. The van der Waals surface area contributed by atoms with Gasteiger partial charge in [0.15, 0.2) is 0 Å². The van der Waals surface area contributed by atoms with Gasteiger partial charge in [-0.3, -0.25) is 0 Å². The van der Waals surface area contributed by atoms with E-state index in [9.17, 15) is 10.2 Å². The standard InChI is InChI=1S/C18H22O4/c19-11-17(21)9-13-1-5-15(6-2-13)16-7-3-14(4-8-16)10-18(22)12-20/h1-8,17-22H,9-12H2. The highest BCUT2D eigenvalue weighted by Crippen LogP contribution is 2.21. The monoisotopic (exact) mass is 302 g/mol. The van der Waals surface area contributed by atoms with E-state index in [1.165, 1.54) is 0 Å². The van der Waals surface area contributed by atoms with Crippen LogP contribution >= 0.6 is 0 Å². The van der Waals surface area contributed by atoms with E-state index in [1.807, 2.05) is 48.5 Å². The molecule has 2 unspecified atom stereocenters. The van der Waals surface area contributed by atoms with E-state index in [0.717, 1.165) is 22.3 Å². The summed E-state index contributed by atoms with van der Waals surface area (Å²) >= 11 is 0. The Morgan fingerprint density at radius 2 is 0.909 bits per heavy atom. The van der Waals surface area contributed by atoms with Crippen LogP contribution in [0.1, 0.15) is 11.1 Å². The van der Waals surface area contributed by atoms with Gasteiger partial charge in [-0.15, -0.1) is 0 Å². The first-order valence-electron chi connectivity index (χ1n) is 7.38. The molecule has 2 rings (SSSR count). The molecule has 0 aliphatic carbocycles. The van der Waals surface area contributed by atoms with Gasteiger partial charge in [-0.2, -0.15) is 0 Å². The molecule has 4 heteroatoms. The Morgan fingerprint density at radius 1 is 0.591 bits per heavy atom. The van der Waals surface area contributed by atoms with E-state index in [-0.39, 0.29) is 13.2 Å². The maximum atomic E-state index is 9.43. The molecule has 4 N–H and O–H groups in total. The fraction of sp³-hybridized carbons (Fsp3) is 0.333. The van der Waals surface area contributed by atoms with E-state index in [0.29, 0.717) is 12.8 Å². The van der Waals surface area contributed by atoms with Crippen LogP contribution in [-0.4, -0.2) is 45.8 Å². The number of benzene rings is 2. The van der Waals surface area contributed by atoms with Gasteiger partial charge in [0.05, 0.1) is 25.4 Å². The van der Waals surface area contributed by atoms with Gasteiger partial charge in [-0.05, 0) is 22.3 Å². The highest BCUT2D eigenvalue weighted by Gasteiger charge is 2.06. The Bertz CT molecular complexity index is 509. The molecule has 2 atom stereocenters. The van der Waals surface area contributed by atoms with E-state index in [1.54, 1.807) is 0 Å². The summed E-state index contributed by atoms with van der Waals surface area (Å²) in [7, 11) is 0. The minimum absolute atomic E-state index is 0.233. The minimum Gasteiger partial charge on any atom is -0.394 e. The predicted molar refractivity (Wildman–Crippen MR) is 85.5 cm³/mol. The number of rotatable bonds is 7. The van der Waals surface area contributed by atoms with Crippen molar-refractivity contribution in [2.75, 3.05) is 13.2 Å². The zero-order valence-electron chi connectivity index (χ0n) is 12.4. The summed E-state index contributed by atoms with van der Waals surface area (Å²) in [4.78, 5) is 0. The first-order valence-corrected chi connectivity index (χ1v) is 7.38. The van der Waals surface area contributed by atoms with Crippen LogP contribution in [0, 0.1) is 0 Å². The number of hydrogen-bond acceptors (Lipinski definition) is 4. The molecule has 0 aromatic heterocycles. The minimum atomic E-state index is -0.719. The van der Waals surface area contributed by atoms with Crippen molar-refractivity contribution in [1.82, 2.24) is 0 Å². The van der Waals surface area contributed by atoms with Crippen LogP contribution in [0.15, 0.2) is 48.5 Å². The van der Waals surface area contributed by atoms with E-state index in [2.05, 4.69) is 0 Å². The van der Waals surface area contributed by atoms with Crippen molar-refractivity contribution in [1.29, 1.82) is 0 Å². The Balaban J connectivity index is 2.05. The smallest absolute Gasteiger partial charge is 0.0811 e. The summed E-state index contributed by atoms with van der Waals surface area (Å²) in [6.45, 7) is -0.466. The second-order valence-electron chi connectivity index (χ2n) is 5.47. The first-order chi connectivity index (χ1) is 10.6. The molecule has 0 radical (unpaired) electrons. The van der Waals surface area contributed by atoms with Crippen molar-refractivity contribution < 1.29 is 20.4 Å². The molecule has 0 bridgehead atoms.